The van der Waals surface area contributed by atoms with Crippen molar-refractivity contribution in [1.82, 2.24) is 19.8 Å². The first-order chi connectivity index (χ1) is 14.0. The van der Waals surface area contributed by atoms with E-state index < -0.39 is 12.0 Å². The number of rotatable bonds is 7. The number of imide groups is 1. The highest BCUT2D eigenvalue weighted by molar-refractivity contribution is 7.99. The molecule has 1 saturated heterocycles. The molecule has 0 bridgehead atoms. The van der Waals surface area contributed by atoms with Crippen LogP contribution in [0.15, 0.2) is 28.2 Å². The van der Waals surface area contributed by atoms with Gasteiger partial charge in [-0.05, 0) is 24.6 Å². The number of nitrogens with one attached hydrogen (secondary N) is 1. The Balaban J connectivity index is 1.95. The van der Waals surface area contributed by atoms with Crippen LogP contribution in [0, 0.1) is 0 Å². The number of fused-ring (bicyclic) bond motifs is 1. The summed E-state index contributed by atoms with van der Waals surface area (Å²) < 4.78 is 6.27. The fourth-order valence-corrected chi connectivity index (χ4v) is 3.88. The third-order valence-electron chi connectivity index (χ3n) is 4.56. The predicted octanol–water partition coefficient (Wildman–Crippen LogP) is 1.63. The largest absolute Gasteiger partial charge is 0.465 e. The highest BCUT2D eigenvalue weighted by Gasteiger charge is 2.26. The molecule has 154 valence electrons. The number of aromatic nitrogens is 2. The standard InChI is InChI=1S/C19H22N4O5S/c1-3-4-8-23-16(25)13-6-5-12(17(26)28-2)10-14(13)21-19(23)29-11-15(24)22-9-7-20-18(22)27/h5-6,10H,3-4,7-9,11H2,1-2H3,(H,20,27). The Kier molecular flexibility index (Phi) is 6.53. The number of urea groups is 1. The zero-order valence-corrected chi connectivity index (χ0v) is 17.1. The van der Waals surface area contributed by atoms with Crippen molar-refractivity contribution < 1.29 is 19.1 Å². The minimum Gasteiger partial charge on any atom is -0.465 e. The molecule has 0 aliphatic carbocycles. The van der Waals surface area contributed by atoms with Gasteiger partial charge in [0.15, 0.2) is 5.16 Å². The van der Waals surface area contributed by atoms with E-state index in [-0.39, 0.29) is 17.2 Å². The second-order valence-corrected chi connectivity index (χ2v) is 7.44. The molecule has 1 fully saturated rings. The Hall–Kier alpha value is -2.88. The van der Waals surface area contributed by atoms with Crippen LogP contribution in [0.25, 0.3) is 10.9 Å². The number of benzene rings is 1. The topological polar surface area (TPSA) is 111 Å². The molecule has 0 unspecified atom stereocenters. The van der Waals surface area contributed by atoms with E-state index in [9.17, 15) is 19.2 Å². The quantitative estimate of drug-likeness (QED) is 0.413. The van der Waals surface area contributed by atoms with Crippen molar-refractivity contribution in [3.05, 3.63) is 34.1 Å². The molecule has 1 N–H and O–H groups in total. The number of amides is 3. The Morgan fingerprint density at radius 2 is 2.10 bits per heavy atom. The molecule has 2 heterocycles. The lowest BCUT2D eigenvalue weighted by Crippen LogP contribution is -2.35. The van der Waals surface area contributed by atoms with Gasteiger partial charge in [0.25, 0.3) is 5.56 Å². The molecule has 29 heavy (non-hydrogen) atoms. The smallest absolute Gasteiger partial charge is 0.337 e. The summed E-state index contributed by atoms with van der Waals surface area (Å²) in [6.45, 7) is 3.25. The van der Waals surface area contributed by atoms with E-state index in [0.29, 0.717) is 41.3 Å². The van der Waals surface area contributed by atoms with Crippen LogP contribution in [0.4, 0.5) is 4.79 Å². The summed E-state index contributed by atoms with van der Waals surface area (Å²) in [4.78, 5) is 54.5. The number of thioether (sulfide) groups is 1. The average molecular weight is 418 g/mol. The van der Waals surface area contributed by atoms with Gasteiger partial charge in [-0.2, -0.15) is 0 Å². The molecule has 0 saturated carbocycles. The third-order valence-corrected chi connectivity index (χ3v) is 5.52. The first-order valence-corrected chi connectivity index (χ1v) is 10.3. The fraction of sp³-hybridized carbons (Fsp3) is 0.421. The molecule has 1 aliphatic rings. The Morgan fingerprint density at radius 3 is 2.76 bits per heavy atom. The van der Waals surface area contributed by atoms with Crippen molar-refractivity contribution in [3.63, 3.8) is 0 Å². The number of nitrogens with zero attached hydrogens (tertiary/aromatic N) is 3. The van der Waals surface area contributed by atoms with E-state index in [2.05, 4.69) is 10.3 Å². The normalized spacial score (nSPS) is 13.6. The number of ether oxygens (including phenoxy) is 1. The van der Waals surface area contributed by atoms with E-state index in [4.69, 9.17) is 4.74 Å². The van der Waals surface area contributed by atoms with Crippen molar-refractivity contribution in [2.45, 2.75) is 31.5 Å². The summed E-state index contributed by atoms with van der Waals surface area (Å²) in [5.41, 5.74) is 0.423. The minimum absolute atomic E-state index is 0.0197. The SMILES string of the molecule is CCCCn1c(SCC(=O)N2CCNC2=O)nc2cc(C(=O)OC)ccc2c1=O. The Labute approximate surface area is 171 Å². The molecule has 2 aromatic rings. The van der Waals surface area contributed by atoms with E-state index in [0.717, 1.165) is 29.5 Å². The van der Waals surface area contributed by atoms with Crippen LogP contribution < -0.4 is 10.9 Å². The van der Waals surface area contributed by atoms with Crippen LogP contribution >= 0.6 is 11.8 Å². The first kappa shape index (κ1) is 20.8. The van der Waals surface area contributed by atoms with Gasteiger partial charge >= 0.3 is 12.0 Å². The lowest BCUT2D eigenvalue weighted by molar-refractivity contribution is -0.124. The fourth-order valence-electron chi connectivity index (χ4n) is 2.98. The van der Waals surface area contributed by atoms with Crippen molar-refractivity contribution in [2.75, 3.05) is 26.0 Å². The van der Waals surface area contributed by atoms with Crippen molar-refractivity contribution in [3.8, 4) is 0 Å². The van der Waals surface area contributed by atoms with Gasteiger partial charge in [-0.3, -0.25) is 19.1 Å². The predicted molar refractivity (Wildman–Crippen MR) is 108 cm³/mol. The van der Waals surface area contributed by atoms with Crippen LogP contribution in [0.1, 0.15) is 30.1 Å². The summed E-state index contributed by atoms with van der Waals surface area (Å²) in [6, 6.07) is 4.19. The average Bonchev–Trinajstić information content (AvgIpc) is 3.16. The van der Waals surface area contributed by atoms with Crippen molar-refractivity contribution in [2.24, 2.45) is 0 Å². The monoisotopic (exact) mass is 418 g/mol. The van der Waals surface area contributed by atoms with E-state index in [1.165, 1.54) is 19.2 Å². The molecule has 1 aromatic carbocycles. The lowest BCUT2D eigenvalue weighted by Gasteiger charge is -2.15. The van der Waals surface area contributed by atoms with Gasteiger partial charge in [0, 0.05) is 19.6 Å². The lowest BCUT2D eigenvalue weighted by atomic mass is 10.1. The third kappa shape index (κ3) is 4.42. The maximum absolute atomic E-state index is 13.0. The van der Waals surface area contributed by atoms with Crippen LogP contribution in [0.5, 0.6) is 0 Å². The maximum atomic E-state index is 13.0. The Morgan fingerprint density at radius 1 is 1.31 bits per heavy atom. The van der Waals surface area contributed by atoms with Gasteiger partial charge in [-0.25, -0.2) is 14.6 Å². The molecule has 0 atom stereocenters. The van der Waals surface area contributed by atoms with E-state index in [1.54, 1.807) is 10.6 Å². The summed E-state index contributed by atoms with van der Waals surface area (Å²) in [5, 5.41) is 3.36. The second kappa shape index (κ2) is 9.08. The van der Waals surface area contributed by atoms with Gasteiger partial charge < -0.3 is 10.1 Å². The van der Waals surface area contributed by atoms with Crippen LogP contribution in [-0.2, 0) is 16.1 Å². The first-order valence-electron chi connectivity index (χ1n) is 9.30. The van der Waals surface area contributed by atoms with Crippen LogP contribution in [-0.4, -0.2) is 58.3 Å². The van der Waals surface area contributed by atoms with E-state index in [1.807, 2.05) is 6.92 Å². The molecular weight excluding hydrogens is 396 g/mol. The van der Waals surface area contributed by atoms with Crippen LogP contribution in [0.2, 0.25) is 0 Å². The summed E-state index contributed by atoms with van der Waals surface area (Å²) >= 11 is 1.11. The minimum atomic E-state index is -0.520. The second-order valence-electron chi connectivity index (χ2n) is 6.49. The number of methoxy groups -OCH3 is 1. The number of unbranched alkanes of at least 4 members (excludes halogenated alkanes) is 1. The summed E-state index contributed by atoms with van der Waals surface area (Å²) in [5.74, 6) is -0.883. The number of carbonyl (C=O) groups is 3. The molecular formula is C19H22N4O5S. The zero-order chi connectivity index (χ0) is 21.0. The summed E-state index contributed by atoms with van der Waals surface area (Å²) in [7, 11) is 1.28. The summed E-state index contributed by atoms with van der Waals surface area (Å²) in [6.07, 6.45) is 1.67. The molecule has 1 aliphatic heterocycles. The molecule has 9 nitrogen and oxygen atoms in total. The maximum Gasteiger partial charge on any atom is 0.337 e. The highest BCUT2D eigenvalue weighted by atomic mass is 32.2. The van der Waals surface area contributed by atoms with Crippen molar-refractivity contribution in [1.29, 1.82) is 0 Å². The number of carbonyl (C=O) groups excluding carboxylic acids is 3. The molecule has 1 aromatic heterocycles. The van der Waals surface area contributed by atoms with E-state index >= 15 is 0 Å². The van der Waals surface area contributed by atoms with Gasteiger partial charge in [0.05, 0.1) is 29.3 Å². The highest BCUT2D eigenvalue weighted by Crippen LogP contribution is 2.20. The number of hydrogen-bond donors (Lipinski definition) is 1. The van der Waals surface area contributed by atoms with Gasteiger partial charge in [0.2, 0.25) is 5.91 Å². The molecule has 0 radical (unpaired) electrons. The number of esters is 1. The molecule has 3 rings (SSSR count). The van der Waals surface area contributed by atoms with Crippen molar-refractivity contribution >= 4 is 40.6 Å². The molecule has 0 spiro atoms. The number of hydrogen-bond acceptors (Lipinski definition) is 7. The molecule has 3 amide bonds. The zero-order valence-electron chi connectivity index (χ0n) is 16.3. The van der Waals surface area contributed by atoms with Gasteiger partial charge in [-0.15, -0.1) is 0 Å². The van der Waals surface area contributed by atoms with Crippen LogP contribution in [0.3, 0.4) is 0 Å². The van der Waals surface area contributed by atoms with Gasteiger partial charge in [-0.1, -0.05) is 25.1 Å². The molecule has 10 heteroatoms. The van der Waals surface area contributed by atoms with Gasteiger partial charge in [0.1, 0.15) is 0 Å². The Bertz CT molecular complexity index is 1020.